The van der Waals surface area contributed by atoms with E-state index < -0.39 is 0 Å². The van der Waals surface area contributed by atoms with Crippen LogP contribution in [0.25, 0.3) is 0 Å². The third-order valence-electron chi connectivity index (χ3n) is 4.73. The Morgan fingerprint density at radius 3 is 2.75 bits per heavy atom. The smallest absolute Gasteiger partial charge is 0.196 e. The summed E-state index contributed by atoms with van der Waals surface area (Å²) in [6.45, 7) is 3.83. The molecule has 9 heteroatoms. The average Bonchev–Trinajstić information content (AvgIpc) is 3.34. The third kappa shape index (κ3) is 4.92. The number of hydrogen-bond donors (Lipinski definition) is 2. The fourth-order valence-corrected chi connectivity index (χ4v) is 2.94. The van der Waals surface area contributed by atoms with Crippen molar-refractivity contribution in [3.63, 3.8) is 0 Å². The first-order valence-corrected chi connectivity index (χ1v) is 9.34. The fourth-order valence-electron chi connectivity index (χ4n) is 2.94. The van der Waals surface area contributed by atoms with Crippen molar-refractivity contribution in [2.24, 2.45) is 12.0 Å². The molecule has 1 aliphatic heterocycles. The van der Waals surface area contributed by atoms with E-state index >= 15 is 0 Å². The molecule has 28 heavy (non-hydrogen) atoms. The van der Waals surface area contributed by atoms with Gasteiger partial charge in [-0.25, -0.2) is 4.99 Å². The quantitative estimate of drug-likeness (QED) is 0.552. The Morgan fingerprint density at radius 2 is 2.11 bits per heavy atom. The summed E-state index contributed by atoms with van der Waals surface area (Å²) in [4.78, 5) is 4.67. The molecule has 1 fully saturated rings. The molecule has 1 atom stereocenters. The Hall–Kier alpha value is -2.81. The monoisotopic (exact) mass is 388 g/mol. The summed E-state index contributed by atoms with van der Waals surface area (Å²) >= 11 is 0. The van der Waals surface area contributed by atoms with Gasteiger partial charge in [0.15, 0.2) is 23.3 Å². The molecule has 0 radical (unpaired) electrons. The number of methoxy groups -OCH3 is 2. The second kappa shape index (κ2) is 9.41. The van der Waals surface area contributed by atoms with E-state index in [4.69, 9.17) is 14.2 Å². The van der Waals surface area contributed by atoms with Gasteiger partial charge in [0, 0.05) is 32.0 Å². The highest BCUT2D eigenvalue weighted by molar-refractivity contribution is 5.94. The van der Waals surface area contributed by atoms with Gasteiger partial charge in [0.1, 0.15) is 12.4 Å². The molecule has 3 rings (SSSR count). The van der Waals surface area contributed by atoms with Crippen molar-refractivity contribution < 1.29 is 14.2 Å². The molecule has 1 aliphatic rings. The summed E-state index contributed by atoms with van der Waals surface area (Å²) < 4.78 is 18.3. The number of aryl methyl sites for hydroxylation is 1. The minimum absolute atomic E-state index is 0.203. The van der Waals surface area contributed by atoms with Gasteiger partial charge in [0.25, 0.3) is 0 Å². The van der Waals surface area contributed by atoms with Gasteiger partial charge in [0.2, 0.25) is 0 Å². The second-order valence-electron chi connectivity index (χ2n) is 6.60. The summed E-state index contributed by atoms with van der Waals surface area (Å²) in [5, 5.41) is 14.9. The average molecular weight is 388 g/mol. The van der Waals surface area contributed by atoms with Gasteiger partial charge in [-0.3, -0.25) is 0 Å². The molecule has 0 saturated carbocycles. The minimum atomic E-state index is 0.203. The molecule has 2 aromatic rings. The molecule has 0 aliphatic carbocycles. The summed E-state index contributed by atoms with van der Waals surface area (Å²) in [6, 6.07) is 5.64. The molecule has 1 aromatic heterocycles. The van der Waals surface area contributed by atoms with E-state index in [9.17, 15) is 0 Å². The van der Waals surface area contributed by atoms with Gasteiger partial charge in [-0.05, 0) is 31.9 Å². The first-order chi connectivity index (χ1) is 13.6. The Kier molecular flexibility index (Phi) is 6.70. The van der Waals surface area contributed by atoms with Crippen molar-refractivity contribution in [2.75, 3.05) is 32.7 Å². The number of nitrogens with one attached hydrogen (secondary N) is 2. The molecule has 1 unspecified atom stereocenters. The number of hydrogen-bond acceptors (Lipinski definition) is 6. The molecule has 1 aromatic carbocycles. The second-order valence-corrected chi connectivity index (χ2v) is 6.60. The van der Waals surface area contributed by atoms with E-state index in [0.29, 0.717) is 30.5 Å². The number of guanidine groups is 1. The fraction of sp³-hybridized carbons (Fsp3) is 0.526. The van der Waals surface area contributed by atoms with Crippen LogP contribution in [0.1, 0.15) is 24.5 Å². The van der Waals surface area contributed by atoms with Crippen LogP contribution < -0.4 is 20.1 Å². The molecule has 0 amide bonds. The van der Waals surface area contributed by atoms with E-state index in [2.05, 4.69) is 25.8 Å². The van der Waals surface area contributed by atoms with Crippen LogP contribution in [0, 0.1) is 6.92 Å². The summed E-state index contributed by atoms with van der Waals surface area (Å²) in [5.74, 6) is 3.61. The van der Waals surface area contributed by atoms with Gasteiger partial charge in [-0.2, -0.15) is 0 Å². The number of aromatic nitrogens is 3. The van der Waals surface area contributed by atoms with Crippen LogP contribution in [-0.2, 0) is 18.3 Å². The largest absolute Gasteiger partial charge is 0.493 e. The SMILES string of the molecule is COc1ccc(NC(=NCc2nnc(C)n2C)NCC2CCCO2)cc1OC. The first kappa shape index (κ1) is 19.9. The Balaban J connectivity index is 1.74. The molecule has 0 spiro atoms. The maximum absolute atomic E-state index is 5.70. The molecule has 1 saturated heterocycles. The van der Waals surface area contributed by atoms with Gasteiger partial charge in [-0.1, -0.05) is 0 Å². The van der Waals surface area contributed by atoms with Crippen molar-refractivity contribution in [3.8, 4) is 11.5 Å². The summed E-state index contributed by atoms with van der Waals surface area (Å²) in [5.41, 5.74) is 0.838. The van der Waals surface area contributed by atoms with Gasteiger partial charge in [-0.15, -0.1) is 10.2 Å². The van der Waals surface area contributed by atoms with Crippen LogP contribution in [0.15, 0.2) is 23.2 Å². The van der Waals surface area contributed by atoms with Gasteiger partial charge in [0.05, 0.1) is 20.3 Å². The number of anilines is 1. The van der Waals surface area contributed by atoms with Gasteiger partial charge < -0.3 is 29.4 Å². The molecule has 2 N–H and O–H groups in total. The molecule has 9 nitrogen and oxygen atoms in total. The zero-order valence-corrected chi connectivity index (χ0v) is 16.9. The standard InChI is InChI=1S/C19H28N6O3/c1-13-23-24-18(25(13)2)12-21-19(20-11-15-6-5-9-28-15)22-14-7-8-16(26-3)17(10-14)27-4/h7-8,10,15H,5-6,9,11-12H2,1-4H3,(H2,20,21,22). The van der Waals surface area contributed by atoms with Crippen LogP contribution in [0.3, 0.4) is 0 Å². The lowest BCUT2D eigenvalue weighted by Crippen LogP contribution is -2.36. The lowest BCUT2D eigenvalue weighted by molar-refractivity contribution is 0.114. The Labute approximate surface area is 165 Å². The topological polar surface area (TPSA) is 94.8 Å². The number of nitrogens with zero attached hydrogens (tertiary/aromatic N) is 4. The van der Waals surface area contributed by atoms with E-state index in [-0.39, 0.29) is 6.10 Å². The number of rotatable bonds is 7. The van der Waals surface area contributed by atoms with Crippen molar-refractivity contribution >= 4 is 11.6 Å². The first-order valence-electron chi connectivity index (χ1n) is 9.34. The maximum Gasteiger partial charge on any atom is 0.196 e. The van der Waals surface area contributed by atoms with E-state index in [1.807, 2.05) is 36.7 Å². The Morgan fingerprint density at radius 1 is 1.29 bits per heavy atom. The Bertz CT molecular complexity index is 814. The molecular formula is C19H28N6O3. The number of ether oxygens (including phenoxy) is 3. The lowest BCUT2D eigenvalue weighted by atomic mass is 10.2. The predicted molar refractivity (Wildman–Crippen MR) is 107 cm³/mol. The number of aliphatic imine (C=N–C) groups is 1. The van der Waals surface area contributed by atoms with Crippen LogP contribution in [0.5, 0.6) is 11.5 Å². The van der Waals surface area contributed by atoms with Crippen LogP contribution >= 0.6 is 0 Å². The van der Waals surface area contributed by atoms with E-state index in [0.717, 1.165) is 36.8 Å². The van der Waals surface area contributed by atoms with Crippen molar-refractivity contribution in [1.82, 2.24) is 20.1 Å². The zero-order chi connectivity index (χ0) is 19.9. The van der Waals surface area contributed by atoms with E-state index in [1.54, 1.807) is 14.2 Å². The molecular weight excluding hydrogens is 360 g/mol. The molecule has 2 heterocycles. The molecule has 0 bridgehead atoms. The number of benzene rings is 1. The highest BCUT2D eigenvalue weighted by Gasteiger charge is 2.16. The lowest BCUT2D eigenvalue weighted by Gasteiger charge is -2.16. The predicted octanol–water partition coefficient (Wildman–Crippen LogP) is 1.88. The normalized spacial score (nSPS) is 16.9. The van der Waals surface area contributed by atoms with Crippen molar-refractivity contribution in [3.05, 3.63) is 29.8 Å². The third-order valence-corrected chi connectivity index (χ3v) is 4.73. The highest BCUT2D eigenvalue weighted by atomic mass is 16.5. The van der Waals surface area contributed by atoms with Crippen LogP contribution in [-0.4, -0.2) is 54.2 Å². The summed E-state index contributed by atoms with van der Waals surface area (Å²) in [7, 11) is 5.16. The minimum Gasteiger partial charge on any atom is -0.493 e. The van der Waals surface area contributed by atoms with Crippen LogP contribution in [0.2, 0.25) is 0 Å². The zero-order valence-electron chi connectivity index (χ0n) is 16.9. The van der Waals surface area contributed by atoms with Crippen molar-refractivity contribution in [1.29, 1.82) is 0 Å². The van der Waals surface area contributed by atoms with Crippen molar-refractivity contribution in [2.45, 2.75) is 32.4 Å². The van der Waals surface area contributed by atoms with Gasteiger partial charge >= 0.3 is 0 Å². The molecule has 152 valence electrons. The summed E-state index contributed by atoms with van der Waals surface area (Å²) in [6.07, 6.45) is 2.36. The highest BCUT2D eigenvalue weighted by Crippen LogP contribution is 2.29. The maximum atomic E-state index is 5.70. The van der Waals surface area contributed by atoms with E-state index in [1.165, 1.54) is 0 Å². The van der Waals surface area contributed by atoms with Crippen LogP contribution in [0.4, 0.5) is 5.69 Å².